The Morgan fingerprint density at radius 2 is 1.62 bits per heavy atom. The lowest BCUT2D eigenvalue weighted by Gasteiger charge is -2.49. The first kappa shape index (κ1) is 47.4. The zero-order valence-corrected chi connectivity index (χ0v) is 36.1. The molecule has 2 saturated heterocycles. The molecule has 0 bridgehead atoms. The van der Waals surface area contributed by atoms with E-state index in [2.05, 4.69) is 17.0 Å². The van der Waals surface area contributed by atoms with Crippen LogP contribution in [-0.4, -0.2) is 114 Å². The van der Waals surface area contributed by atoms with Gasteiger partial charge in [-0.2, -0.15) is 0 Å². The molecule has 14 atom stereocenters. The van der Waals surface area contributed by atoms with E-state index >= 15 is 0 Å². The molecule has 13 heteroatoms. The summed E-state index contributed by atoms with van der Waals surface area (Å²) in [6.07, 6.45) is -6.37. The maximum Gasteiger partial charge on any atom is 0.312 e. The van der Waals surface area contributed by atoms with Gasteiger partial charge in [-0.25, -0.2) is 4.39 Å². The molecule has 58 heavy (non-hydrogen) atoms. The van der Waals surface area contributed by atoms with Crippen LogP contribution in [0.15, 0.2) is 54.6 Å². The van der Waals surface area contributed by atoms with Crippen molar-refractivity contribution < 1.29 is 57.4 Å². The highest BCUT2D eigenvalue weighted by Gasteiger charge is 2.53. The van der Waals surface area contributed by atoms with Gasteiger partial charge in [0.25, 0.3) is 0 Å². The summed E-state index contributed by atoms with van der Waals surface area (Å²) in [4.78, 5) is 44.2. The van der Waals surface area contributed by atoms with E-state index in [4.69, 9.17) is 28.4 Å². The molecule has 2 aromatic rings. The highest BCUT2D eigenvalue weighted by molar-refractivity contribution is 5.83. The first-order valence-corrected chi connectivity index (χ1v) is 20.5. The van der Waals surface area contributed by atoms with E-state index in [-0.39, 0.29) is 37.2 Å². The lowest BCUT2D eigenvalue weighted by Crippen LogP contribution is -2.61. The molecule has 1 unspecified atom stereocenters. The van der Waals surface area contributed by atoms with E-state index in [0.29, 0.717) is 18.5 Å². The second kappa shape index (κ2) is 20.3. The van der Waals surface area contributed by atoms with Gasteiger partial charge in [-0.15, -0.1) is 0 Å². The first-order chi connectivity index (χ1) is 27.3. The number of aliphatic hydroxyl groups excluding tert-OH is 1. The summed E-state index contributed by atoms with van der Waals surface area (Å²) in [5.41, 5.74) is -1.82. The number of nitrogens with zero attached hydrogens (tertiary/aromatic N) is 1. The van der Waals surface area contributed by atoms with E-state index in [1.54, 1.807) is 54.7 Å². The molecule has 12 nitrogen and oxygen atoms in total. The number of carbonyl (C=O) groups excluding carboxylic acids is 3. The van der Waals surface area contributed by atoms with Crippen LogP contribution in [-0.2, 0) is 55.8 Å². The molecule has 0 saturated carbocycles. The molecule has 2 N–H and O–H groups in total. The van der Waals surface area contributed by atoms with Crippen LogP contribution in [0.3, 0.4) is 0 Å². The van der Waals surface area contributed by atoms with Gasteiger partial charge in [0, 0.05) is 44.6 Å². The van der Waals surface area contributed by atoms with E-state index in [1.165, 1.54) is 32.2 Å². The molecular weight excluding hydrogens is 749 g/mol. The molecule has 0 spiro atoms. The van der Waals surface area contributed by atoms with Crippen LogP contribution in [0.1, 0.15) is 85.8 Å². The van der Waals surface area contributed by atoms with Gasteiger partial charge in [-0.1, -0.05) is 70.2 Å². The van der Waals surface area contributed by atoms with Gasteiger partial charge in [0.05, 0.1) is 36.3 Å². The lowest BCUT2D eigenvalue weighted by molar-refractivity contribution is -0.306. The molecule has 2 aliphatic heterocycles. The number of halogens is 1. The van der Waals surface area contributed by atoms with Crippen LogP contribution in [0.5, 0.6) is 0 Å². The third-order valence-electron chi connectivity index (χ3n) is 12.4. The molecule has 0 radical (unpaired) electrons. The molecule has 2 heterocycles. The largest absolute Gasteiger partial charge is 0.461 e. The van der Waals surface area contributed by atoms with Crippen LogP contribution < -0.4 is 0 Å². The van der Waals surface area contributed by atoms with Crippen molar-refractivity contribution in [3.05, 3.63) is 71.5 Å². The van der Waals surface area contributed by atoms with Crippen LogP contribution >= 0.6 is 0 Å². The van der Waals surface area contributed by atoms with Crippen molar-refractivity contribution in [1.82, 2.24) is 4.90 Å². The molecule has 2 aromatic carbocycles. The fourth-order valence-corrected chi connectivity index (χ4v) is 8.95. The van der Waals surface area contributed by atoms with Gasteiger partial charge in [0.1, 0.15) is 35.5 Å². The van der Waals surface area contributed by atoms with Crippen molar-refractivity contribution >= 4 is 17.7 Å². The van der Waals surface area contributed by atoms with Crippen LogP contribution in [0.2, 0.25) is 0 Å². The van der Waals surface area contributed by atoms with Gasteiger partial charge in [0.2, 0.25) is 0 Å². The van der Waals surface area contributed by atoms with Crippen molar-refractivity contribution in [1.29, 1.82) is 0 Å². The number of carbonyl (C=O) groups is 3. The molecule has 2 aliphatic rings. The molecule has 0 aliphatic carbocycles. The summed E-state index contributed by atoms with van der Waals surface area (Å²) in [7, 11) is 5.11. The lowest BCUT2D eigenvalue weighted by atomic mass is 9.74. The average Bonchev–Trinajstić information content (AvgIpc) is 3.19. The van der Waals surface area contributed by atoms with Crippen LogP contribution in [0.25, 0.3) is 0 Å². The topological polar surface area (TPSA) is 150 Å². The highest BCUT2D eigenvalue weighted by atomic mass is 19.1. The molecule has 2 fully saturated rings. The minimum atomic E-state index is -2.01. The van der Waals surface area contributed by atoms with E-state index < -0.39 is 89.4 Å². The minimum absolute atomic E-state index is 0.0772. The van der Waals surface area contributed by atoms with Gasteiger partial charge in [-0.05, 0) is 77.3 Å². The Labute approximate surface area is 343 Å². The predicted molar refractivity (Wildman–Crippen MR) is 215 cm³/mol. The van der Waals surface area contributed by atoms with Crippen LogP contribution in [0, 0.1) is 29.5 Å². The number of esters is 2. The first-order valence-electron chi connectivity index (χ1n) is 20.5. The number of ether oxygens (including phenoxy) is 6. The maximum atomic E-state index is 14.2. The van der Waals surface area contributed by atoms with E-state index in [0.717, 1.165) is 5.56 Å². The number of hydrogen-bond acceptors (Lipinski definition) is 12. The predicted octanol–water partition coefficient (Wildman–Crippen LogP) is 5.67. The molecule has 4 rings (SSSR count). The number of rotatable bonds is 11. The molecule has 0 amide bonds. The van der Waals surface area contributed by atoms with Gasteiger partial charge in [-0.3, -0.25) is 19.3 Å². The summed E-state index contributed by atoms with van der Waals surface area (Å²) < 4.78 is 52.3. The molecule has 0 aromatic heterocycles. The molecule has 324 valence electrons. The Kier molecular flexibility index (Phi) is 16.6. The zero-order valence-electron chi connectivity index (χ0n) is 36.1. The number of hydrogen-bond donors (Lipinski definition) is 2. The smallest absolute Gasteiger partial charge is 0.312 e. The van der Waals surface area contributed by atoms with Crippen LogP contribution in [0.4, 0.5) is 4.39 Å². The Morgan fingerprint density at radius 1 is 0.966 bits per heavy atom. The summed E-state index contributed by atoms with van der Waals surface area (Å²) in [6, 6.07) is 15.5. The number of aliphatic hydroxyl groups is 2. The second-order valence-electron chi connectivity index (χ2n) is 17.0. The highest BCUT2D eigenvalue weighted by Crippen LogP contribution is 2.40. The van der Waals surface area contributed by atoms with E-state index in [1.807, 2.05) is 32.2 Å². The van der Waals surface area contributed by atoms with Gasteiger partial charge in [0.15, 0.2) is 6.29 Å². The minimum Gasteiger partial charge on any atom is -0.461 e. The average molecular weight is 816 g/mol. The standard InChI is InChI=1S/C45H66FNO11/c1-12-35-45(8,52)40(50)28(4)37(49)26(2)24-44(7,54-11)41(29(5)38(30(6)42(51)56-35)57-36(48)23-32-19-16-20-33(46)22-32)58-43-39(53-10)34(21-27(3)55-43)47(9)25-31-17-14-13-15-18-31/h13-20,22,26-30,34-35,38-41,43,50,52H,12,21,23-25H2,1-11H3/t26-,27+,28-,29+,30-,34-,35-,38+,39+,40-,41-,43?,44-,45-/m1/s1. The number of ketones is 1. The summed E-state index contributed by atoms with van der Waals surface area (Å²) in [5, 5.41) is 23.1. The second-order valence-corrected chi connectivity index (χ2v) is 17.0. The zero-order chi connectivity index (χ0) is 43.1. The number of cyclic esters (lactones) is 1. The van der Waals surface area contributed by atoms with Gasteiger partial charge >= 0.3 is 11.9 Å². The Hall–Kier alpha value is -3.30. The van der Waals surface area contributed by atoms with Crippen molar-refractivity contribution in [3.8, 4) is 0 Å². The summed E-state index contributed by atoms with van der Waals surface area (Å²) in [6.45, 7) is 14.0. The normalized spacial score (nSPS) is 36.9. The van der Waals surface area contributed by atoms with Crippen molar-refractivity contribution in [2.75, 3.05) is 21.3 Å². The van der Waals surface area contributed by atoms with Crippen molar-refractivity contribution in [2.45, 2.75) is 148 Å². The maximum absolute atomic E-state index is 14.2. The number of methoxy groups -OCH3 is 2. The Bertz CT molecular complexity index is 1660. The van der Waals surface area contributed by atoms with Gasteiger partial charge < -0.3 is 38.6 Å². The van der Waals surface area contributed by atoms with Crippen molar-refractivity contribution in [2.24, 2.45) is 23.7 Å². The molecular formula is C45H66FNO11. The summed E-state index contributed by atoms with van der Waals surface area (Å²) in [5.74, 6) is -6.15. The quantitative estimate of drug-likeness (QED) is 0.269. The SMILES string of the molecule is CC[C@H]1OC(=O)[C@H](C)[C@@H](OC(=O)Cc2cccc(F)c2)[C@H](C)[C@@H](OC2O[C@@H](C)C[C@@H](N(C)Cc3ccccc3)[C@@H]2OC)[C@](C)(OC)C[C@@H](C)C(=O)[C@@H](C)[C@@H](O)[C@]1(C)O. The van der Waals surface area contributed by atoms with E-state index in [9.17, 15) is 29.0 Å². The monoisotopic (exact) mass is 815 g/mol. The Balaban J connectivity index is 1.83. The number of Topliss-reactive ketones (excluding diaryl/α,β-unsaturated/α-hetero) is 1. The summed E-state index contributed by atoms with van der Waals surface area (Å²) >= 11 is 0. The fraction of sp³-hybridized carbons (Fsp3) is 0.667. The number of benzene rings is 2. The fourth-order valence-electron chi connectivity index (χ4n) is 8.95. The van der Waals surface area contributed by atoms with Crippen molar-refractivity contribution in [3.63, 3.8) is 0 Å². The Morgan fingerprint density at radius 3 is 2.22 bits per heavy atom. The number of likely N-dealkylation sites (N-methyl/N-ethyl adjacent to an activating group) is 1. The third kappa shape index (κ3) is 11.1. The third-order valence-corrected chi connectivity index (χ3v) is 12.4.